The standard InChI is InChI=1S/C30H36FN3O2/c1-6-21(3)34(30(36)27(7-2)22-12-9-8-10-13-22)20-24-19-26(16-17-28(24)33(4)5)32-29(35)23-14-11-15-25(31)18-23/h8-19,21,27H,6-7,20H2,1-5H3,(H,32,35). The first kappa shape index (κ1) is 26.9. The molecule has 3 rings (SSSR count). The number of benzene rings is 3. The Morgan fingerprint density at radius 3 is 2.25 bits per heavy atom. The van der Waals surface area contributed by atoms with Crippen molar-refractivity contribution in [3.8, 4) is 0 Å². The maximum atomic E-state index is 13.8. The summed E-state index contributed by atoms with van der Waals surface area (Å²) in [4.78, 5) is 30.5. The van der Waals surface area contributed by atoms with Crippen LogP contribution in [0.4, 0.5) is 15.8 Å². The van der Waals surface area contributed by atoms with Crippen molar-refractivity contribution in [3.63, 3.8) is 0 Å². The zero-order valence-corrected chi connectivity index (χ0v) is 21.8. The molecule has 2 amide bonds. The Hall–Kier alpha value is -3.67. The molecule has 0 aromatic heterocycles. The smallest absolute Gasteiger partial charge is 0.255 e. The van der Waals surface area contributed by atoms with Crippen LogP contribution in [0, 0.1) is 5.82 Å². The van der Waals surface area contributed by atoms with Gasteiger partial charge in [0.1, 0.15) is 5.82 Å². The van der Waals surface area contributed by atoms with Crippen molar-refractivity contribution in [3.05, 3.63) is 95.3 Å². The molecule has 2 unspecified atom stereocenters. The lowest BCUT2D eigenvalue weighted by Crippen LogP contribution is -2.41. The molecule has 0 radical (unpaired) electrons. The molecule has 0 saturated carbocycles. The summed E-state index contributed by atoms with van der Waals surface area (Å²) < 4.78 is 13.6. The highest BCUT2D eigenvalue weighted by Crippen LogP contribution is 2.29. The van der Waals surface area contributed by atoms with Gasteiger partial charge in [0.15, 0.2) is 0 Å². The van der Waals surface area contributed by atoms with E-state index in [1.807, 2.05) is 79.3 Å². The van der Waals surface area contributed by atoms with Gasteiger partial charge in [-0.2, -0.15) is 0 Å². The predicted molar refractivity (Wildman–Crippen MR) is 145 cm³/mol. The van der Waals surface area contributed by atoms with Gasteiger partial charge in [0.25, 0.3) is 5.91 Å². The van der Waals surface area contributed by atoms with E-state index in [1.165, 1.54) is 18.2 Å². The fraction of sp³-hybridized carbons (Fsp3) is 0.333. The van der Waals surface area contributed by atoms with Crippen LogP contribution < -0.4 is 10.2 Å². The molecule has 36 heavy (non-hydrogen) atoms. The fourth-order valence-corrected chi connectivity index (χ4v) is 4.35. The van der Waals surface area contributed by atoms with Gasteiger partial charge in [-0.15, -0.1) is 0 Å². The molecular formula is C30H36FN3O2. The molecule has 0 spiro atoms. The average Bonchev–Trinajstić information content (AvgIpc) is 2.87. The van der Waals surface area contributed by atoms with Crippen LogP contribution in [0.15, 0.2) is 72.8 Å². The SMILES string of the molecule is CCC(C(=O)N(Cc1cc(NC(=O)c2cccc(F)c2)ccc1N(C)C)C(C)CC)c1ccccc1. The number of rotatable bonds is 10. The third kappa shape index (κ3) is 6.51. The van der Waals surface area contributed by atoms with Crippen LogP contribution in [0.5, 0.6) is 0 Å². The molecule has 2 atom stereocenters. The van der Waals surface area contributed by atoms with Gasteiger partial charge >= 0.3 is 0 Å². The van der Waals surface area contributed by atoms with E-state index in [0.29, 0.717) is 18.7 Å². The number of halogens is 1. The van der Waals surface area contributed by atoms with Gasteiger partial charge in [0, 0.05) is 43.6 Å². The number of nitrogens with one attached hydrogen (secondary N) is 1. The predicted octanol–water partition coefficient (Wildman–Crippen LogP) is 6.46. The summed E-state index contributed by atoms with van der Waals surface area (Å²) in [6, 6.07) is 21.2. The Morgan fingerprint density at radius 1 is 0.917 bits per heavy atom. The summed E-state index contributed by atoms with van der Waals surface area (Å²) in [6.45, 7) is 6.60. The number of hydrogen-bond acceptors (Lipinski definition) is 3. The van der Waals surface area contributed by atoms with Gasteiger partial charge in [0.2, 0.25) is 5.91 Å². The van der Waals surface area contributed by atoms with E-state index in [-0.39, 0.29) is 29.3 Å². The molecule has 3 aromatic carbocycles. The maximum absolute atomic E-state index is 13.8. The van der Waals surface area contributed by atoms with Crippen LogP contribution >= 0.6 is 0 Å². The summed E-state index contributed by atoms with van der Waals surface area (Å²) in [7, 11) is 3.91. The second-order valence-electron chi connectivity index (χ2n) is 9.30. The number of nitrogens with zero attached hydrogens (tertiary/aromatic N) is 2. The largest absolute Gasteiger partial charge is 0.377 e. The molecule has 0 aliphatic heterocycles. The van der Waals surface area contributed by atoms with Crippen molar-refractivity contribution in [2.75, 3.05) is 24.3 Å². The lowest BCUT2D eigenvalue weighted by molar-refractivity contribution is -0.135. The number of carbonyl (C=O) groups is 2. The van der Waals surface area contributed by atoms with E-state index in [2.05, 4.69) is 19.2 Å². The Kier molecular flexibility index (Phi) is 9.23. The average molecular weight is 490 g/mol. The highest BCUT2D eigenvalue weighted by molar-refractivity contribution is 6.04. The molecule has 5 nitrogen and oxygen atoms in total. The zero-order valence-electron chi connectivity index (χ0n) is 21.8. The van der Waals surface area contributed by atoms with Gasteiger partial charge in [-0.25, -0.2) is 4.39 Å². The maximum Gasteiger partial charge on any atom is 0.255 e. The summed E-state index contributed by atoms with van der Waals surface area (Å²) in [5.41, 5.74) is 3.75. The van der Waals surface area contributed by atoms with Crippen molar-refractivity contribution in [1.82, 2.24) is 4.90 Å². The van der Waals surface area contributed by atoms with Crippen molar-refractivity contribution in [2.45, 2.75) is 52.1 Å². The Morgan fingerprint density at radius 2 is 1.64 bits per heavy atom. The normalized spacial score (nSPS) is 12.5. The van der Waals surface area contributed by atoms with E-state index in [0.717, 1.165) is 23.2 Å². The minimum atomic E-state index is -0.460. The van der Waals surface area contributed by atoms with Crippen molar-refractivity contribution in [2.24, 2.45) is 0 Å². The first-order valence-corrected chi connectivity index (χ1v) is 12.5. The second-order valence-corrected chi connectivity index (χ2v) is 9.30. The number of amides is 2. The van der Waals surface area contributed by atoms with Crippen LogP contribution in [0.1, 0.15) is 61.0 Å². The molecule has 0 saturated heterocycles. The highest BCUT2D eigenvalue weighted by atomic mass is 19.1. The van der Waals surface area contributed by atoms with Crippen LogP contribution in [0.25, 0.3) is 0 Å². The van der Waals surface area contributed by atoms with Crippen molar-refractivity contribution in [1.29, 1.82) is 0 Å². The first-order chi connectivity index (χ1) is 17.2. The summed E-state index contributed by atoms with van der Waals surface area (Å²) >= 11 is 0. The quantitative estimate of drug-likeness (QED) is 0.355. The van der Waals surface area contributed by atoms with E-state index in [1.54, 1.807) is 6.07 Å². The summed E-state index contributed by atoms with van der Waals surface area (Å²) in [6.07, 6.45) is 1.53. The van der Waals surface area contributed by atoms with Crippen LogP contribution in [0.3, 0.4) is 0 Å². The Bertz CT molecular complexity index is 1180. The third-order valence-corrected chi connectivity index (χ3v) is 6.56. The molecule has 0 heterocycles. The van der Waals surface area contributed by atoms with Gasteiger partial charge in [-0.1, -0.05) is 50.2 Å². The molecule has 0 aliphatic rings. The molecule has 0 aliphatic carbocycles. The minimum absolute atomic E-state index is 0.0378. The molecule has 0 fully saturated rings. The van der Waals surface area contributed by atoms with Crippen molar-refractivity contribution >= 4 is 23.2 Å². The van der Waals surface area contributed by atoms with Gasteiger partial charge in [0.05, 0.1) is 5.92 Å². The van der Waals surface area contributed by atoms with E-state index < -0.39 is 5.82 Å². The molecule has 1 N–H and O–H groups in total. The zero-order chi connectivity index (χ0) is 26.2. The lowest BCUT2D eigenvalue weighted by Gasteiger charge is -2.33. The number of hydrogen-bond donors (Lipinski definition) is 1. The molecule has 6 heteroatoms. The van der Waals surface area contributed by atoms with E-state index >= 15 is 0 Å². The fourth-order valence-electron chi connectivity index (χ4n) is 4.35. The van der Waals surface area contributed by atoms with E-state index in [4.69, 9.17) is 0 Å². The topological polar surface area (TPSA) is 52.7 Å². The second kappa shape index (κ2) is 12.3. The lowest BCUT2D eigenvalue weighted by atomic mass is 9.94. The Balaban J connectivity index is 1.93. The molecule has 190 valence electrons. The van der Waals surface area contributed by atoms with Crippen LogP contribution in [-0.2, 0) is 11.3 Å². The van der Waals surface area contributed by atoms with Gasteiger partial charge < -0.3 is 15.1 Å². The Labute approximate surface area is 213 Å². The van der Waals surface area contributed by atoms with Gasteiger partial charge in [-0.3, -0.25) is 9.59 Å². The van der Waals surface area contributed by atoms with Crippen molar-refractivity contribution < 1.29 is 14.0 Å². The molecular weight excluding hydrogens is 453 g/mol. The van der Waals surface area contributed by atoms with Gasteiger partial charge in [-0.05, 0) is 67.3 Å². The van der Waals surface area contributed by atoms with E-state index in [9.17, 15) is 14.0 Å². The number of anilines is 2. The molecule has 0 bridgehead atoms. The van der Waals surface area contributed by atoms with Crippen LogP contribution in [-0.4, -0.2) is 36.9 Å². The van der Waals surface area contributed by atoms with Crippen LogP contribution in [0.2, 0.25) is 0 Å². The first-order valence-electron chi connectivity index (χ1n) is 12.5. The molecule has 3 aromatic rings. The highest BCUT2D eigenvalue weighted by Gasteiger charge is 2.28. The minimum Gasteiger partial charge on any atom is -0.377 e. The summed E-state index contributed by atoms with van der Waals surface area (Å²) in [5.74, 6) is -0.975. The third-order valence-electron chi connectivity index (χ3n) is 6.56. The monoisotopic (exact) mass is 489 g/mol. The number of carbonyl (C=O) groups excluding carboxylic acids is 2. The summed E-state index contributed by atoms with van der Waals surface area (Å²) in [5, 5.41) is 2.87.